The van der Waals surface area contributed by atoms with Crippen molar-refractivity contribution in [3.8, 4) is 17.3 Å². The monoisotopic (exact) mass is 486 g/mol. The van der Waals surface area contributed by atoms with Gasteiger partial charge in [0, 0.05) is 62.1 Å². The summed E-state index contributed by atoms with van der Waals surface area (Å²) in [5, 5.41) is 16.9. The van der Waals surface area contributed by atoms with Gasteiger partial charge in [-0.1, -0.05) is 0 Å². The fraction of sp³-hybridized carbons (Fsp3) is 0.423. The zero-order valence-corrected chi connectivity index (χ0v) is 20.1. The number of nitrogens with one attached hydrogen (secondary N) is 1. The van der Waals surface area contributed by atoms with E-state index in [-0.39, 0.29) is 17.9 Å². The number of carbonyl (C=O) groups excluding carboxylic acids is 1. The van der Waals surface area contributed by atoms with Gasteiger partial charge in [0.05, 0.1) is 29.9 Å². The van der Waals surface area contributed by atoms with E-state index in [1.54, 1.807) is 23.2 Å². The molecule has 36 heavy (non-hydrogen) atoms. The van der Waals surface area contributed by atoms with Gasteiger partial charge in [-0.05, 0) is 55.5 Å². The van der Waals surface area contributed by atoms with Gasteiger partial charge in [0.2, 0.25) is 5.95 Å². The van der Waals surface area contributed by atoms with Crippen LogP contribution in [0.4, 0.5) is 11.6 Å². The molecule has 0 bridgehead atoms. The highest BCUT2D eigenvalue weighted by molar-refractivity contribution is 5.94. The number of nitriles is 1. The third-order valence-electron chi connectivity index (χ3n) is 6.99. The summed E-state index contributed by atoms with van der Waals surface area (Å²) in [5.41, 5.74) is 9.13. The van der Waals surface area contributed by atoms with Gasteiger partial charge in [0.1, 0.15) is 0 Å². The fourth-order valence-electron chi connectivity index (χ4n) is 4.91. The van der Waals surface area contributed by atoms with E-state index in [2.05, 4.69) is 26.5 Å². The van der Waals surface area contributed by atoms with Crippen LogP contribution < -0.4 is 11.1 Å². The molecule has 5 rings (SSSR count). The standard InChI is InChI=1S/C26H30N8O2/c27-13-18-6-10-33(16-18)25(35)20-1-3-22(4-2-20)31-26-29-9-5-23(32-26)21-15-30-34(17-21)24(14-28)19-7-11-36-12-8-19/h1-5,9,15,17-19,24H,6-8,10-12,14,16,28H2,(H,29,31,32)/t18-,24?/m1/s1. The van der Waals surface area contributed by atoms with E-state index >= 15 is 0 Å². The molecule has 0 spiro atoms. The molecule has 0 radical (unpaired) electrons. The first-order valence-electron chi connectivity index (χ1n) is 12.4. The molecule has 1 aromatic carbocycles. The molecule has 2 aliphatic rings. The minimum atomic E-state index is -0.0746. The topological polar surface area (TPSA) is 135 Å². The van der Waals surface area contributed by atoms with E-state index in [1.165, 1.54) is 0 Å². The van der Waals surface area contributed by atoms with Crippen LogP contribution in [0.25, 0.3) is 11.3 Å². The van der Waals surface area contributed by atoms with Crippen LogP contribution in [-0.2, 0) is 4.74 Å². The molecule has 1 amide bonds. The van der Waals surface area contributed by atoms with Crippen LogP contribution in [0.1, 0.15) is 35.7 Å². The Kier molecular flexibility index (Phi) is 7.21. The van der Waals surface area contributed by atoms with Crippen LogP contribution in [0.5, 0.6) is 0 Å². The van der Waals surface area contributed by atoms with E-state index in [1.807, 2.05) is 35.3 Å². The lowest BCUT2D eigenvalue weighted by Gasteiger charge is -2.29. The normalized spacial score (nSPS) is 19.1. The second-order valence-electron chi connectivity index (χ2n) is 9.30. The molecule has 2 aromatic heterocycles. The predicted octanol–water partition coefficient (Wildman–Crippen LogP) is 3.00. The summed E-state index contributed by atoms with van der Waals surface area (Å²) < 4.78 is 7.45. The summed E-state index contributed by atoms with van der Waals surface area (Å²) in [7, 11) is 0. The first-order valence-corrected chi connectivity index (χ1v) is 12.4. The third kappa shape index (κ3) is 5.22. The lowest BCUT2D eigenvalue weighted by Crippen LogP contribution is -2.31. The summed E-state index contributed by atoms with van der Waals surface area (Å²) in [5.74, 6) is 0.781. The molecule has 2 saturated heterocycles. The quantitative estimate of drug-likeness (QED) is 0.520. The Bertz CT molecular complexity index is 1230. The molecule has 0 saturated carbocycles. The zero-order valence-electron chi connectivity index (χ0n) is 20.1. The van der Waals surface area contributed by atoms with Gasteiger partial charge < -0.3 is 20.7 Å². The Morgan fingerprint density at radius 2 is 2.03 bits per heavy atom. The number of nitrogens with two attached hydrogens (primary N) is 1. The Morgan fingerprint density at radius 1 is 1.22 bits per heavy atom. The third-order valence-corrected chi connectivity index (χ3v) is 6.99. The SMILES string of the molecule is N#C[C@H]1CCN(C(=O)c2ccc(Nc3nccc(-c4cnn(C(CN)C5CCOCC5)c4)n3)cc2)C1. The van der Waals surface area contributed by atoms with Crippen molar-refractivity contribution in [3.63, 3.8) is 0 Å². The van der Waals surface area contributed by atoms with Crippen LogP contribution in [-0.4, -0.2) is 63.4 Å². The summed E-state index contributed by atoms with van der Waals surface area (Å²) in [6.45, 7) is 3.18. The Balaban J connectivity index is 1.25. The largest absolute Gasteiger partial charge is 0.381 e. The number of anilines is 2. The Morgan fingerprint density at radius 3 is 2.75 bits per heavy atom. The number of aromatic nitrogens is 4. The molecule has 2 fully saturated rings. The second kappa shape index (κ2) is 10.8. The number of rotatable bonds is 7. The molecule has 10 heteroatoms. The molecule has 1 unspecified atom stereocenters. The molecule has 3 aromatic rings. The highest BCUT2D eigenvalue weighted by Gasteiger charge is 2.27. The van der Waals surface area contributed by atoms with E-state index < -0.39 is 0 Å². The van der Waals surface area contributed by atoms with Crippen molar-refractivity contribution < 1.29 is 9.53 Å². The molecule has 3 N–H and O–H groups in total. The minimum Gasteiger partial charge on any atom is -0.381 e. The molecule has 0 aliphatic carbocycles. The van der Waals surface area contributed by atoms with Crippen LogP contribution in [0.15, 0.2) is 48.9 Å². The van der Waals surface area contributed by atoms with E-state index in [0.29, 0.717) is 37.1 Å². The molecule has 186 valence electrons. The summed E-state index contributed by atoms with van der Waals surface area (Å²) in [6, 6.07) is 11.5. The number of ether oxygens (including phenoxy) is 1. The number of hydrogen-bond acceptors (Lipinski definition) is 8. The number of benzene rings is 1. The molecular formula is C26H30N8O2. The second-order valence-corrected chi connectivity index (χ2v) is 9.30. The number of nitrogens with zero attached hydrogens (tertiary/aromatic N) is 6. The van der Waals surface area contributed by atoms with E-state index in [4.69, 9.17) is 15.7 Å². The van der Waals surface area contributed by atoms with E-state index in [9.17, 15) is 4.79 Å². The van der Waals surface area contributed by atoms with Crippen molar-refractivity contribution in [2.24, 2.45) is 17.6 Å². The van der Waals surface area contributed by atoms with E-state index in [0.717, 1.165) is 49.4 Å². The minimum absolute atomic E-state index is 0.0499. The van der Waals surface area contributed by atoms with Crippen molar-refractivity contribution in [2.45, 2.75) is 25.3 Å². The highest BCUT2D eigenvalue weighted by atomic mass is 16.5. The number of hydrogen-bond donors (Lipinski definition) is 2. The van der Waals surface area contributed by atoms with Gasteiger partial charge in [0.25, 0.3) is 5.91 Å². The molecular weight excluding hydrogens is 456 g/mol. The van der Waals surface area contributed by atoms with Gasteiger partial charge in [-0.3, -0.25) is 9.48 Å². The zero-order chi connectivity index (χ0) is 24.9. The van der Waals surface area contributed by atoms with Crippen LogP contribution in [0, 0.1) is 23.2 Å². The van der Waals surface area contributed by atoms with Crippen molar-refractivity contribution >= 4 is 17.5 Å². The Hall–Kier alpha value is -3.81. The van der Waals surface area contributed by atoms with Gasteiger partial charge in [-0.15, -0.1) is 0 Å². The average Bonchev–Trinajstić information content (AvgIpc) is 3.61. The maximum Gasteiger partial charge on any atom is 0.253 e. The molecule has 4 heterocycles. The molecule has 2 atom stereocenters. The first-order chi connectivity index (χ1) is 17.6. The number of amides is 1. The van der Waals surface area contributed by atoms with Crippen molar-refractivity contribution in [1.29, 1.82) is 5.26 Å². The van der Waals surface area contributed by atoms with Crippen LogP contribution >= 0.6 is 0 Å². The van der Waals surface area contributed by atoms with Crippen LogP contribution in [0.2, 0.25) is 0 Å². The lowest BCUT2D eigenvalue weighted by molar-refractivity contribution is 0.0480. The smallest absolute Gasteiger partial charge is 0.253 e. The number of likely N-dealkylation sites (tertiary alicyclic amines) is 1. The summed E-state index contributed by atoms with van der Waals surface area (Å²) in [6.07, 6.45) is 8.22. The lowest BCUT2D eigenvalue weighted by atomic mass is 9.92. The van der Waals surface area contributed by atoms with Gasteiger partial charge >= 0.3 is 0 Å². The van der Waals surface area contributed by atoms with Crippen molar-refractivity contribution in [1.82, 2.24) is 24.6 Å². The van der Waals surface area contributed by atoms with Crippen molar-refractivity contribution in [3.05, 3.63) is 54.5 Å². The highest BCUT2D eigenvalue weighted by Crippen LogP contribution is 2.28. The van der Waals surface area contributed by atoms with Gasteiger partial charge in [0.15, 0.2) is 0 Å². The van der Waals surface area contributed by atoms with Gasteiger partial charge in [-0.2, -0.15) is 10.4 Å². The number of carbonyl (C=O) groups is 1. The maximum atomic E-state index is 12.7. The maximum absolute atomic E-state index is 12.7. The summed E-state index contributed by atoms with van der Waals surface area (Å²) in [4.78, 5) is 23.4. The summed E-state index contributed by atoms with van der Waals surface area (Å²) >= 11 is 0. The average molecular weight is 487 g/mol. The first kappa shape index (κ1) is 23.9. The van der Waals surface area contributed by atoms with Crippen LogP contribution in [0.3, 0.4) is 0 Å². The van der Waals surface area contributed by atoms with Crippen molar-refractivity contribution in [2.75, 3.05) is 38.2 Å². The molecule has 2 aliphatic heterocycles. The van der Waals surface area contributed by atoms with Gasteiger partial charge in [-0.25, -0.2) is 9.97 Å². The fourth-order valence-corrected chi connectivity index (χ4v) is 4.91. The molecule has 10 nitrogen and oxygen atoms in total. The predicted molar refractivity (Wildman–Crippen MR) is 134 cm³/mol. The Labute approximate surface area is 210 Å².